The molecule has 3 aromatic carbocycles. The molecule has 0 N–H and O–H groups in total. The second kappa shape index (κ2) is 8.14. The molecule has 1 aliphatic rings. The topological polar surface area (TPSA) is 15.6 Å². The Bertz CT molecular complexity index is 972. The molecule has 1 heterocycles. The van der Waals surface area contributed by atoms with Crippen LogP contribution in [0.5, 0.6) is 0 Å². The Balaban J connectivity index is 1.64. The summed E-state index contributed by atoms with van der Waals surface area (Å²) in [5.41, 5.74) is 3.79. The molecule has 3 aromatic rings. The first-order chi connectivity index (χ1) is 13.3. The van der Waals surface area contributed by atoms with Gasteiger partial charge in [0.25, 0.3) is 0 Å². The lowest BCUT2D eigenvalue weighted by Crippen LogP contribution is -2.30. The summed E-state index contributed by atoms with van der Waals surface area (Å²) in [5.74, 6) is 1.12. The van der Waals surface area contributed by atoms with Crippen LogP contribution in [0.1, 0.15) is 30.0 Å². The van der Waals surface area contributed by atoms with Crippen molar-refractivity contribution in [2.45, 2.75) is 26.2 Å². The fourth-order valence-corrected chi connectivity index (χ4v) is 4.29. The molecule has 27 heavy (non-hydrogen) atoms. The van der Waals surface area contributed by atoms with Crippen molar-refractivity contribution < 1.29 is 0 Å². The summed E-state index contributed by atoms with van der Waals surface area (Å²) in [5, 5.41) is 3.47. The monoisotopic (exact) mass is 376 g/mol. The lowest BCUT2D eigenvalue weighted by molar-refractivity contribution is 0.456. The van der Waals surface area contributed by atoms with E-state index in [1.54, 1.807) is 0 Å². The number of nitrogens with zero attached hydrogens (tertiary/aromatic N) is 2. The molecular weight excluding hydrogens is 352 g/mol. The van der Waals surface area contributed by atoms with Gasteiger partial charge in [-0.15, -0.1) is 0 Å². The molecule has 0 aromatic heterocycles. The van der Waals surface area contributed by atoms with Gasteiger partial charge in [0.15, 0.2) is 0 Å². The van der Waals surface area contributed by atoms with Crippen molar-refractivity contribution in [1.29, 1.82) is 0 Å². The van der Waals surface area contributed by atoms with Gasteiger partial charge >= 0.3 is 0 Å². The maximum atomic E-state index is 6.64. The van der Waals surface area contributed by atoms with Crippen LogP contribution in [0.25, 0.3) is 10.8 Å². The van der Waals surface area contributed by atoms with Gasteiger partial charge < -0.3 is 4.90 Å². The van der Waals surface area contributed by atoms with Crippen LogP contribution in [0.15, 0.2) is 65.7 Å². The third kappa shape index (κ3) is 3.72. The summed E-state index contributed by atoms with van der Waals surface area (Å²) in [6.07, 6.45) is 3.02. The summed E-state index contributed by atoms with van der Waals surface area (Å²) in [6.45, 7) is 5.16. The molecule has 0 fully saturated rings. The molecular formula is C24H25ClN2. The molecule has 1 aliphatic heterocycles. The number of amidine groups is 1. The fourth-order valence-electron chi connectivity index (χ4n) is 4.02. The fraction of sp³-hybridized carbons (Fsp3) is 0.292. The third-order valence-electron chi connectivity index (χ3n) is 5.31. The molecule has 0 saturated heterocycles. The Morgan fingerprint density at radius 3 is 2.67 bits per heavy atom. The van der Waals surface area contributed by atoms with Crippen LogP contribution in [0.4, 0.5) is 0 Å². The van der Waals surface area contributed by atoms with Gasteiger partial charge in [-0.25, -0.2) is 0 Å². The molecule has 0 atom stereocenters. The SMILES string of the molecule is CCCN1CCN=C1c1cccc(Cl)c1CCc1cccc2ccccc12. The Hall–Kier alpha value is -2.32. The highest BCUT2D eigenvalue weighted by atomic mass is 35.5. The van der Waals surface area contributed by atoms with E-state index in [4.69, 9.17) is 16.6 Å². The van der Waals surface area contributed by atoms with E-state index in [0.29, 0.717) is 0 Å². The minimum absolute atomic E-state index is 0.846. The van der Waals surface area contributed by atoms with Crippen LogP contribution in [-0.4, -0.2) is 30.4 Å². The number of aliphatic imine (C=N–C) groups is 1. The van der Waals surface area contributed by atoms with Gasteiger partial charge in [-0.3, -0.25) is 4.99 Å². The number of hydrogen-bond acceptors (Lipinski definition) is 2. The summed E-state index contributed by atoms with van der Waals surface area (Å²) < 4.78 is 0. The predicted molar refractivity (Wildman–Crippen MR) is 116 cm³/mol. The molecule has 2 nitrogen and oxygen atoms in total. The molecule has 0 spiro atoms. The van der Waals surface area contributed by atoms with Gasteiger partial charge in [0, 0.05) is 23.7 Å². The van der Waals surface area contributed by atoms with Crippen molar-refractivity contribution in [3.05, 3.63) is 82.4 Å². The van der Waals surface area contributed by atoms with E-state index in [2.05, 4.69) is 60.4 Å². The van der Waals surface area contributed by atoms with E-state index in [1.807, 2.05) is 12.1 Å². The minimum atomic E-state index is 0.846. The lowest BCUT2D eigenvalue weighted by atomic mass is 9.95. The maximum absolute atomic E-state index is 6.64. The second-order valence-electron chi connectivity index (χ2n) is 7.10. The van der Waals surface area contributed by atoms with Crippen LogP contribution in [0.2, 0.25) is 5.02 Å². The molecule has 0 bridgehead atoms. The van der Waals surface area contributed by atoms with Crippen LogP contribution < -0.4 is 0 Å². The summed E-state index contributed by atoms with van der Waals surface area (Å²) >= 11 is 6.64. The van der Waals surface area contributed by atoms with Crippen molar-refractivity contribution in [3.63, 3.8) is 0 Å². The molecule has 138 valence electrons. The van der Waals surface area contributed by atoms with E-state index in [0.717, 1.165) is 49.8 Å². The van der Waals surface area contributed by atoms with Crippen molar-refractivity contribution in [2.24, 2.45) is 4.99 Å². The quantitative estimate of drug-likeness (QED) is 0.534. The van der Waals surface area contributed by atoms with Crippen molar-refractivity contribution in [1.82, 2.24) is 4.90 Å². The van der Waals surface area contributed by atoms with E-state index < -0.39 is 0 Å². The van der Waals surface area contributed by atoms with Gasteiger partial charge in [0.1, 0.15) is 5.84 Å². The molecule has 4 rings (SSSR count). The first-order valence-electron chi connectivity index (χ1n) is 9.81. The highest BCUT2D eigenvalue weighted by Gasteiger charge is 2.21. The maximum Gasteiger partial charge on any atom is 0.131 e. The zero-order valence-electron chi connectivity index (χ0n) is 15.8. The minimum Gasteiger partial charge on any atom is -0.355 e. The number of benzene rings is 3. The van der Waals surface area contributed by atoms with Crippen LogP contribution in [0, 0.1) is 0 Å². The first kappa shape index (κ1) is 18.1. The normalized spacial score (nSPS) is 14.0. The standard InChI is InChI=1S/C24H25ClN2/c1-2-16-27-17-15-26-24(27)22-11-6-12-23(25)21(22)14-13-19-9-5-8-18-7-3-4-10-20(18)19/h3-12H,2,13-17H2,1H3. The molecule has 0 amide bonds. The van der Waals surface area contributed by atoms with Crippen molar-refractivity contribution in [3.8, 4) is 0 Å². The lowest BCUT2D eigenvalue weighted by Gasteiger charge is -2.22. The average Bonchev–Trinajstić information content (AvgIpc) is 3.15. The van der Waals surface area contributed by atoms with Crippen molar-refractivity contribution >= 4 is 28.2 Å². The van der Waals surface area contributed by atoms with Gasteiger partial charge in [-0.05, 0) is 47.2 Å². The van der Waals surface area contributed by atoms with Crippen molar-refractivity contribution in [2.75, 3.05) is 19.6 Å². The molecule has 0 saturated carbocycles. The van der Waals surface area contributed by atoms with Gasteiger partial charge in [-0.1, -0.05) is 73.1 Å². The Morgan fingerprint density at radius 1 is 0.963 bits per heavy atom. The Labute approximate surface area is 166 Å². The zero-order valence-corrected chi connectivity index (χ0v) is 16.5. The highest BCUT2D eigenvalue weighted by Crippen LogP contribution is 2.27. The van der Waals surface area contributed by atoms with E-state index >= 15 is 0 Å². The van der Waals surface area contributed by atoms with E-state index in [-0.39, 0.29) is 0 Å². The second-order valence-corrected chi connectivity index (χ2v) is 7.50. The molecule has 0 unspecified atom stereocenters. The highest BCUT2D eigenvalue weighted by molar-refractivity contribution is 6.32. The van der Waals surface area contributed by atoms with Crippen LogP contribution in [0.3, 0.4) is 0 Å². The van der Waals surface area contributed by atoms with E-state index in [1.165, 1.54) is 27.5 Å². The number of rotatable bonds is 6. The molecule has 0 radical (unpaired) electrons. The Kier molecular flexibility index (Phi) is 5.45. The van der Waals surface area contributed by atoms with Crippen LogP contribution >= 0.6 is 11.6 Å². The molecule has 0 aliphatic carbocycles. The van der Waals surface area contributed by atoms with Crippen LogP contribution in [-0.2, 0) is 12.8 Å². The zero-order chi connectivity index (χ0) is 18.6. The molecule has 3 heteroatoms. The number of halogens is 1. The summed E-state index contributed by atoms with van der Waals surface area (Å²) in [4.78, 5) is 7.19. The number of fused-ring (bicyclic) bond motifs is 1. The van der Waals surface area contributed by atoms with Gasteiger partial charge in [-0.2, -0.15) is 0 Å². The van der Waals surface area contributed by atoms with Gasteiger partial charge in [0.05, 0.1) is 6.54 Å². The number of hydrogen-bond donors (Lipinski definition) is 0. The number of aryl methyl sites for hydroxylation is 1. The predicted octanol–water partition coefficient (Wildman–Crippen LogP) is 5.75. The van der Waals surface area contributed by atoms with E-state index in [9.17, 15) is 0 Å². The third-order valence-corrected chi connectivity index (χ3v) is 5.66. The smallest absolute Gasteiger partial charge is 0.131 e. The average molecular weight is 377 g/mol. The summed E-state index contributed by atoms with van der Waals surface area (Å²) in [6, 6.07) is 21.4. The Morgan fingerprint density at radius 2 is 1.78 bits per heavy atom. The largest absolute Gasteiger partial charge is 0.355 e. The first-order valence-corrected chi connectivity index (χ1v) is 10.2. The summed E-state index contributed by atoms with van der Waals surface area (Å²) in [7, 11) is 0. The van der Waals surface area contributed by atoms with Gasteiger partial charge in [0.2, 0.25) is 0 Å².